The van der Waals surface area contributed by atoms with E-state index in [1.807, 2.05) is 0 Å². The molecule has 0 unspecified atom stereocenters. The number of carbonyl (C=O) groups excluding carboxylic acids is 1. The van der Waals surface area contributed by atoms with Gasteiger partial charge in [0.2, 0.25) is 0 Å². The first-order valence-corrected chi connectivity index (χ1v) is 3.07. The summed E-state index contributed by atoms with van der Waals surface area (Å²) in [5, 5.41) is 10.2. The third-order valence-electron chi connectivity index (χ3n) is 1.21. The zero-order chi connectivity index (χ0) is 8.10. The molecule has 56 valence electrons. The van der Waals surface area contributed by atoms with Crippen LogP contribution in [-0.2, 0) is 4.79 Å². The second-order valence-electron chi connectivity index (χ2n) is 1.91. The molecule has 0 saturated carbocycles. The van der Waals surface area contributed by atoms with Gasteiger partial charge < -0.3 is 5.11 Å². The number of hydrogen-bond acceptors (Lipinski definition) is 3. The van der Waals surface area contributed by atoms with Crippen LogP contribution < -0.4 is 5.11 Å². The van der Waals surface area contributed by atoms with Crippen LogP contribution in [0.25, 0.3) is 5.57 Å². The first-order valence-electron chi connectivity index (χ1n) is 3.07. The van der Waals surface area contributed by atoms with Crippen molar-refractivity contribution in [2.24, 2.45) is 0 Å². The van der Waals surface area contributed by atoms with Crippen LogP contribution in [-0.4, -0.2) is 11.3 Å². The Hall–Kier alpha value is -1.64. The molecule has 3 nitrogen and oxygen atoms in total. The molecule has 3 heteroatoms. The third-order valence-corrected chi connectivity index (χ3v) is 1.21. The van der Waals surface area contributed by atoms with Gasteiger partial charge in [-0.2, -0.15) is 0 Å². The van der Waals surface area contributed by atoms with Gasteiger partial charge >= 0.3 is 0 Å². The summed E-state index contributed by atoms with van der Waals surface area (Å²) >= 11 is 0. The number of rotatable bonds is 2. The molecule has 11 heavy (non-hydrogen) atoms. The number of aldehydes is 1. The Kier molecular flexibility index (Phi) is 2.38. The van der Waals surface area contributed by atoms with Gasteiger partial charge in [0.25, 0.3) is 0 Å². The summed E-state index contributed by atoms with van der Waals surface area (Å²) in [5.74, 6) is 0. The van der Waals surface area contributed by atoms with Gasteiger partial charge in [0.1, 0.15) is 0 Å². The highest BCUT2D eigenvalue weighted by Gasteiger charge is 1.95. The number of pyridine rings is 1. The van der Waals surface area contributed by atoms with E-state index in [0.717, 1.165) is 0 Å². The van der Waals surface area contributed by atoms with E-state index in [2.05, 4.69) is 4.98 Å². The minimum atomic E-state index is 0.0746. The zero-order valence-corrected chi connectivity index (χ0v) is 5.73. The molecule has 0 radical (unpaired) electrons. The van der Waals surface area contributed by atoms with E-state index in [0.29, 0.717) is 18.2 Å². The summed E-state index contributed by atoms with van der Waals surface area (Å²) < 4.78 is 0. The molecule has 0 fully saturated rings. The minimum absolute atomic E-state index is 0.0746. The van der Waals surface area contributed by atoms with Crippen molar-refractivity contribution in [3.8, 4) is 0 Å². The van der Waals surface area contributed by atoms with Crippen LogP contribution in [0.5, 0.6) is 0 Å². The summed E-state index contributed by atoms with van der Waals surface area (Å²) in [4.78, 5) is 14.0. The number of aromatic nitrogens is 1. The van der Waals surface area contributed by atoms with Gasteiger partial charge in [0.05, 0.1) is 5.69 Å². The molecule has 1 aromatic heterocycles. The van der Waals surface area contributed by atoms with Crippen molar-refractivity contribution in [1.29, 1.82) is 0 Å². The van der Waals surface area contributed by atoms with E-state index in [9.17, 15) is 9.90 Å². The number of nitrogens with zero attached hydrogens (tertiary/aromatic N) is 1. The average molecular weight is 148 g/mol. The van der Waals surface area contributed by atoms with Crippen LogP contribution >= 0.6 is 0 Å². The average Bonchev–Trinajstić information content (AvgIpc) is 2.09. The molecule has 0 aliphatic carbocycles. The first-order chi connectivity index (χ1) is 5.38. The Bertz CT molecular complexity index is 267. The Labute approximate surface area is 64.0 Å². The monoisotopic (exact) mass is 148 g/mol. The lowest BCUT2D eigenvalue weighted by Crippen LogP contribution is -1.95. The molecule has 1 aromatic rings. The predicted octanol–water partition coefficient (Wildman–Crippen LogP) is -0.0183. The van der Waals surface area contributed by atoms with Gasteiger partial charge in [-0.3, -0.25) is 9.78 Å². The van der Waals surface area contributed by atoms with E-state index in [1.165, 1.54) is 6.20 Å². The van der Waals surface area contributed by atoms with E-state index in [1.54, 1.807) is 18.2 Å². The molecule has 0 spiro atoms. The van der Waals surface area contributed by atoms with E-state index in [4.69, 9.17) is 0 Å². The molecule has 0 saturated heterocycles. The van der Waals surface area contributed by atoms with Gasteiger partial charge in [-0.15, -0.1) is 6.26 Å². The van der Waals surface area contributed by atoms with Crippen LogP contribution in [0.3, 0.4) is 0 Å². The quantitative estimate of drug-likeness (QED) is 0.336. The van der Waals surface area contributed by atoms with Crippen molar-refractivity contribution in [3.63, 3.8) is 0 Å². The first kappa shape index (κ1) is 7.47. The van der Waals surface area contributed by atoms with Crippen molar-refractivity contribution in [3.05, 3.63) is 36.4 Å². The van der Waals surface area contributed by atoms with E-state index < -0.39 is 0 Å². The Morgan fingerprint density at radius 3 is 2.82 bits per heavy atom. The van der Waals surface area contributed by atoms with Crippen LogP contribution in [0, 0.1) is 0 Å². The third kappa shape index (κ3) is 1.64. The Morgan fingerprint density at radius 1 is 1.55 bits per heavy atom. The van der Waals surface area contributed by atoms with Crippen molar-refractivity contribution in [1.82, 2.24) is 4.98 Å². The highest BCUT2D eigenvalue weighted by atomic mass is 16.2. The molecule has 0 bridgehead atoms. The number of carbonyl (C=O) groups is 1. The van der Waals surface area contributed by atoms with E-state index in [-0.39, 0.29) is 5.57 Å². The fourth-order valence-electron chi connectivity index (χ4n) is 0.682. The van der Waals surface area contributed by atoms with E-state index >= 15 is 0 Å². The Balaban J connectivity index is 3.01. The largest absolute Gasteiger partial charge is 0.877 e. The SMILES string of the molecule is O=C/C(=C\[O-])c1ccccn1. The van der Waals surface area contributed by atoms with Gasteiger partial charge in [-0.1, -0.05) is 6.07 Å². The maximum absolute atomic E-state index is 10.2. The fraction of sp³-hybridized carbons (Fsp3) is 0. The molecular weight excluding hydrogens is 142 g/mol. The van der Waals surface area contributed by atoms with Crippen LogP contribution in [0.2, 0.25) is 0 Å². The van der Waals surface area contributed by atoms with Crippen LogP contribution in [0.1, 0.15) is 5.69 Å². The second-order valence-corrected chi connectivity index (χ2v) is 1.91. The molecule has 0 aliphatic heterocycles. The van der Waals surface area contributed by atoms with Gasteiger partial charge in [0.15, 0.2) is 6.29 Å². The van der Waals surface area contributed by atoms with Crippen LogP contribution in [0.15, 0.2) is 30.7 Å². The normalized spacial score (nSPS) is 11.1. The highest BCUT2D eigenvalue weighted by molar-refractivity contribution is 6.05. The lowest BCUT2D eigenvalue weighted by atomic mass is 10.2. The lowest BCUT2D eigenvalue weighted by molar-refractivity contribution is -0.273. The van der Waals surface area contributed by atoms with Gasteiger partial charge in [-0.25, -0.2) is 0 Å². The molecule has 0 amide bonds. The highest BCUT2D eigenvalue weighted by Crippen LogP contribution is 2.04. The van der Waals surface area contributed by atoms with Crippen molar-refractivity contribution < 1.29 is 9.90 Å². The van der Waals surface area contributed by atoms with Crippen molar-refractivity contribution >= 4 is 11.9 Å². The molecular formula is C8H6NO2-. The molecule has 0 atom stereocenters. The maximum atomic E-state index is 10.2. The lowest BCUT2D eigenvalue weighted by Gasteiger charge is -1.99. The summed E-state index contributed by atoms with van der Waals surface area (Å²) in [6.45, 7) is 0. The van der Waals surface area contributed by atoms with Crippen LogP contribution in [0.4, 0.5) is 0 Å². The summed E-state index contributed by atoms with van der Waals surface area (Å²) in [6.07, 6.45) is 2.52. The summed E-state index contributed by atoms with van der Waals surface area (Å²) in [6, 6.07) is 5.05. The number of hydrogen-bond donors (Lipinski definition) is 0. The molecule has 0 N–H and O–H groups in total. The van der Waals surface area contributed by atoms with Gasteiger partial charge in [-0.05, 0) is 12.1 Å². The minimum Gasteiger partial charge on any atom is -0.877 e. The summed E-state index contributed by atoms with van der Waals surface area (Å²) in [7, 11) is 0. The topological polar surface area (TPSA) is 53.0 Å². The van der Waals surface area contributed by atoms with Crippen molar-refractivity contribution in [2.45, 2.75) is 0 Å². The van der Waals surface area contributed by atoms with Crippen molar-refractivity contribution in [2.75, 3.05) is 0 Å². The summed E-state index contributed by atoms with van der Waals surface area (Å²) in [5.41, 5.74) is 0.489. The Morgan fingerprint density at radius 2 is 2.36 bits per heavy atom. The molecule has 1 heterocycles. The fourth-order valence-corrected chi connectivity index (χ4v) is 0.682. The van der Waals surface area contributed by atoms with Gasteiger partial charge in [0, 0.05) is 11.8 Å². The maximum Gasteiger partial charge on any atom is 0.151 e. The zero-order valence-electron chi connectivity index (χ0n) is 5.73. The number of allylic oxidation sites excluding steroid dienone is 1. The smallest absolute Gasteiger partial charge is 0.151 e. The predicted molar refractivity (Wildman–Crippen MR) is 38.3 cm³/mol. The molecule has 1 rings (SSSR count). The molecule has 0 aromatic carbocycles. The standard InChI is InChI=1S/C8H7NO2/c10-5-7(6-11)8-3-1-2-4-9-8/h1-6,10H/p-1/b7-5+. The molecule has 0 aliphatic rings. The second kappa shape index (κ2) is 3.51.